The standard InChI is InChI=1S/C8H16O2.Ga/c1-3-5-6-7(4-2)8(9)10;/h7H,3-6H2,1-2H3,(H,9,10);. The molecule has 0 aromatic carbocycles. The molecule has 1 atom stereocenters. The summed E-state index contributed by atoms with van der Waals surface area (Å²) in [7, 11) is 0. The zero-order valence-corrected chi connectivity index (χ0v) is 9.76. The normalized spacial score (nSPS) is 11.8. The summed E-state index contributed by atoms with van der Waals surface area (Å²) in [6, 6.07) is 0. The molecule has 1 unspecified atom stereocenters. The average molecular weight is 214 g/mol. The number of carbonyl (C=O) groups is 1. The van der Waals surface area contributed by atoms with E-state index in [1.54, 1.807) is 0 Å². The zero-order valence-electron chi connectivity index (χ0n) is 7.34. The van der Waals surface area contributed by atoms with E-state index in [0.29, 0.717) is 0 Å². The van der Waals surface area contributed by atoms with Gasteiger partial charge in [0.2, 0.25) is 0 Å². The third-order valence-electron chi connectivity index (χ3n) is 1.75. The second-order valence-electron chi connectivity index (χ2n) is 2.59. The maximum absolute atomic E-state index is 10.4. The summed E-state index contributed by atoms with van der Waals surface area (Å²) in [6.45, 7) is 4.00. The van der Waals surface area contributed by atoms with Gasteiger partial charge in [0, 0.05) is 19.8 Å². The summed E-state index contributed by atoms with van der Waals surface area (Å²) < 4.78 is 0. The number of aliphatic carboxylic acids is 1. The summed E-state index contributed by atoms with van der Waals surface area (Å²) >= 11 is 0. The van der Waals surface area contributed by atoms with Crippen LogP contribution >= 0.6 is 0 Å². The van der Waals surface area contributed by atoms with Crippen molar-refractivity contribution in [2.45, 2.75) is 39.5 Å². The van der Waals surface area contributed by atoms with Gasteiger partial charge in [-0.1, -0.05) is 26.7 Å². The van der Waals surface area contributed by atoms with Crippen LogP contribution in [0, 0.1) is 5.92 Å². The zero-order chi connectivity index (χ0) is 7.98. The van der Waals surface area contributed by atoms with Crippen LogP contribution in [0.3, 0.4) is 0 Å². The molecule has 3 heteroatoms. The molecule has 0 aromatic rings. The quantitative estimate of drug-likeness (QED) is 0.709. The monoisotopic (exact) mass is 213 g/mol. The number of hydrogen-bond donors (Lipinski definition) is 1. The van der Waals surface area contributed by atoms with Crippen LogP contribution < -0.4 is 0 Å². The van der Waals surface area contributed by atoms with E-state index in [1.165, 1.54) is 0 Å². The van der Waals surface area contributed by atoms with Crippen molar-refractivity contribution in [2.75, 3.05) is 0 Å². The summed E-state index contributed by atoms with van der Waals surface area (Å²) in [6.07, 6.45) is 3.71. The van der Waals surface area contributed by atoms with Crippen molar-refractivity contribution in [3.8, 4) is 0 Å². The van der Waals surface area contributed by atoms with Gasteiger partial charge in [0.1, 0.15) is 0 Å². The fourth-order valence-electron chi connectivity index (χ4n) is 0.953. The van der Waals surface area contributed by atoms with Gasteiger partial charge in [-0.05, 0) is 12.8 Å². The van der Waals surface area contributed by atoms with E-state index in [2.05, 4.69) is 6.92 Å². The van der Waals surface area contributed by atoms with Gasteiger partial charge in [0.15, 0.2) is 0 Å². The topological polar surface area (TPSA) is 37.3 Å². The minimum atomic E-state index is -0.643. The molecule has 0 heterocycles. The van der Waals surface area contributed by atoms with Crippen molar-refractivity contribution in [3.63, 3.8) is 0 Å². The Bertz CT molecular complexity index is 104. The Morgan fingerprint density at radius 1 is 1.45 bits per heavy atom. The molecule has 11 heavy (non-hydrogen) atoms. The molecule has 0 aliphatic rings. The summed E-state index contributed by atoms with van der Waals surface area (Å²) in [5.41, 5.74) is 0. The summed E-state index contributed by atoms with van der Waals surface area (Å²) in [5.74, 6) is -0.754. The molecule has 0 saturated heterocycles. The van der Waals surface area contributed by atoms with Crippen LogP contribution in [-0.4, -0.2) is 30.9 Å². The van der Waals surface area contributed by atoms with E-state index in [9.17, 15) is 4.79 Å². The maximum Gasteiger partial charge on any atom is 0.306 e. The SMILES string of the molecule is CCCCC(CC)C(=O)O.[Ga]. The van der Waals surface area contributed by atoms with E-state index < -0.39 is 5.97 Å². The fourth-order valence-corrected chi connectivity index (χ4v) is 0.953. The molecular weight excluding hydrogens is 198 g/mol. The van der Waals surface area contributed by atoms with Crippen LogP contribution in [0.5, 0.6) is 0 Å². The predicted octanol–water partition coefficient (Wildman–Crippen LogP) is 1.91. The minimum Gasteiger partial charge on any atom is -0.481 e. The van der Waals surface area contributed by atoms with Gasteiger partial charge in [-0.2, -0.15) is 0 Å². The van der Waals surface area contributed by atoms with Gasteiger partial charge in [0.25, 0.3) is 0 Å². The van der Waals surface area contributed by atoms with Gasteiger partial charge < -0.3 is 5.11 Å². The van der Waals surface area contributed by atoms with E-state index in [0.717, 1.165) is 25.7 Å². The van der Waals surface area contributed by atoms with E-state index >= 15 is 0 Å². The van der Waals surface area contributed by atoms with Crippen molar-refractivity contribution in [1.82, 2.24) is 0 Å². The van der Waals surface area contributed by atoms with Gasteiger partial charge in [0.05, 0.1) is 5.92 Å². The molecule has 0 aromatic heterocycles. The first-order chi connectivity index (χ1) is 4.72. The molecular formula is C8H16GaO2. The molecule has 3 radical (unpaired) electrons. The molecule has 0 saturated carbocycles. The molecule has 1 N–H and O–H groups in total. The van der Waals surface area contributed by atoms with Gasteiger partial charge in [-0.25, -0.2) is 0 Å². The third kappa shape index (κ3) is 6.50. The van der Waals surface area contributed by atoms with Crippen LogP contribution in [0.4, 0.5) is 0 Å². The van der Waals surface area contributed by atoms with Crippen molar-refractivity contribution in [3.05, 3.63) is 0 Å². The van der Waals surface area contributed by atoms with Crippen molar-refractivity contribution in [1.29, 1.82) is 0 Å². The van der Waals surface area contributed by atoms with Crippen LogP contribution in [0.2, 0.25) is 0 Å². The fraction of sp³-hybridized carbons (Fsp3) is 0.875. The number of unbranched alkanes of at least 4 members (excludes halogenated alkanes) is 1. The molecule has 0 amide bonds. The maximum atomic E-state index is 10.4. The van der Waals surface area contributed by atoms with Crippen LogP contribution in [-0.2, 0) is 4.79 Å². The Kier molecular flexibility index (Phi) is 10.2. The first-order valence-corrected chi connectivity index (χ1v) is 3.95. The summed E-state index contributed by atoms with van der Waals surface area (Å²) in [4.78, 5) is 10.4. The first kappa shape index (κ1) is 13.7. The van der Waals surface area contributed by atoms with E-state index in [4.69, 9.17) is 5.11 Å². The molecule has 63 valence electrons. The summed E-state index contributed by atoms with van der Waals surface area (Å²) in [5, 5.41) is 8.60. The van der Waals surface area contributed by atoms with Crippen molar-refractivity contribution in [2.24, 2.45) is 5.92 Å². The minimum absolute atomic E-state index is 0. The van der Waals surface area contributed by atoms with Crippen LogP contribution in [0.15, 0.2) is 0 Å². The van der Waals surface area contributed by atoms with Gasteiger partial charge >= 0.3 is 5.97 Å². The van der Waals surface area contributed by atoms with Gasteiger partial charge in [-0.15, -0.1) is 0 Å². The number of carboxylic acid groups (broad SMARTS) is 1. The second-order valence-corrected chi connectivity index (χ2v) is 2.59. The Morgan fingerprint density at radius 2 is 2.00 bits per heavy atom. The van der Waals surface area contributed by atoms with Crippen molar-refractivity contribution < 1.29 is 9.90 Å². The molecule has 0 rings (SSSR count). The number of hydrogen-bond acceptors (Lipinski definition) is 1. The van der Waals surface area contributed by atoms with Gasteiger partial charge in [-0.3, -0.25) is 4.79 Å². The van der Waals surface area contributed by atoms with E-state index in [-0.39, 0.29) is 25.7 Å². The second kappa shape index (κ2) is 8.21. The average Bonchev–Trinajstić information content (AvgIpc) is 1.89. The molecule has 0 spiro atoms. The van der Waals surface area contributed by atoms with Crippen LogP contribution in [0.25, 0.3) is 0 Å². The molecule has 0 aliphatic carbocycles. The van der Waals surface area contributed by atoms with E-state index in [1.807, 2.05) is 6.92 Å². The Balaban J connectivity index is 0. The Hall–Kier alpha value is 0.106. The van der Waals surface area contributed by atoms with Crippen molar-refractivity contribution >= 4 is 25.8 Å². The Morgan fingerprint density at radius 3 is 2.27 bits per heavy atom. The number of rotatable bonds is 5. The Labute approximate surface area is 81.4 Å². The predicted molar refractivity (Wildman–Crippen MR) is 46.7 cm³/mol. The smallest absolute Gasteiger partial charge is 0.306 e. The van der Waals surface area contributed by atoms with Crippen LogP contribution in [0.1, 0.15) is 39.5 Å². The molecule has 0 bridgehead atoms. The largest absolute Gasteiger partial charge is 0.481 e. The first-order valence-electron chi connectivity index (χ1n) is 3.95. The number of carboxylic acids is 1. The molecule has 0 aliphatic heterocycles. The third-order valence-corrected chi connectivity index (χ3v) is 1.75. The molecule has 2 nitrogen and oxygen atoms in total. The molecule has 0 fully saturated rings.